The van der Waals surface area contributed by atoms with Crippen LogP contribution in [0.1, 0.15) is 68.4 Å². The van der Waals surface area contributed by atoms with Crippen molar-refractivity contribution in [3.8, 4) is 0 Å². The Morgan fingerprint density at radius 2 is 1.74 bits per heavy atom. The Kier molecular flexibility index (Phi) is 7.59. The van der Waals surface area contributed by atoms with Crippen LogP contribution in [0.25, 0.3) is 0 Å². The van der Waals surface area contributed by atoms with Gasteiger partial charge < -0.3 is 15.4 Å². The van der Waals surface area contributed by atoms with Gasteiger partial charge in [-0.05, 0) is 74.4 Å². The summed E-state index contributed by atoms with van der Waals surface area (Å²) in [7, 11) is -4.26. The molecule has 0 aromatic heterocycles. The van der Waals surface area contributed by atoms with Crippen LogP contribution in [0.15, 0.2) is 41.3 Å². The minimum absolute atomic E-state index is 0.00467. The number of benzene rings is 2. The van der Waals surface area contributed by atoms with Gasteiger partial charge in [0.05, 0.1) is 22.1 Å². The van der Waals surface area contributed by atoms with Crippen molar-refractivity contribution in [2.75, 3.05) is 5.75 Å². The van der Waals surface area contributed by atoms with Crippen LogP contribution < -0.4 is 10.6 Å². The largest absolute Gasteiger partial charge is 0.444 e. The lowest BCUT2D eigenvalue weighted by molar-refractivity contribution is -0.122. The maximum absolute atomic E-state index is 15.2. The highest BCUT2D eigenvalue weighted by Gasteiger charge is 2.47. The Hall–Kier alpha value is -2.98. The summed E-state index contributed by atoms with van der Waals surface area (Å²) in [6.07, 6.45) is -0.187. The van der Waals surface area contributed by atoms with Crippen LogP contribution in [0.5, 0.6) is 0 Å². The van der Waals surface area contributed by atoms with Crippen LogP contribution >= 0.6 is 11.6 Å². The van der Waals surface area contributed by atoms with Gasteiger partial charge in [-0.15, -0.1) is 0 Å². The van der Waals surface area contributed by atoms with Crippen molar-refractivity contribution in [3.05, 3.63) is 63.9 Å². The molecule has 2 N–H and O–H groups in total. The summed E-state index contributed by atoms with van der Waals surface area (Å²) in [4.78, 5) is 39.0. The van der Waals surface area contributed by atoms with Crippen LogP contribution in [0.4, 0.5) is 9.18 Å². The van der Waals surface area contributed by atoms with E-state index in [0.29, 0.717) is 10.6 Å². The number of sulfone groups is 1. The number of hydrogen-bond acceptors (Lipinski definition) is 6. The number of carbonyl (C=O) groups is 3. The zero-order valence-corrected chi connectivity index (χ0v) is 24.0. The first kappa shape index (κ1) is 29.0. The zero-order chi connectivity index (χ0) is 28.9. The lowest BCUT2D eigenvalue weighted by Gasteiger charge is -2.24. The molecule has 2 aromatic carbocycles. The number of ether oxygens (including phenoxy) is 1. The van der Waals surface area contributed by atoms with Crippen LogP contribution in [0.3, 0.4) is 0 Å². The highest BCUT2D eigenvalue weighted by molar-refractivity contribution is 7.91. The molecule has 0 saturated heterocycles. The Balaban J connectivity index is 1.78. The van der Waals surface area contributed by atoms with Crippen molar-refractivity contribution < 1.29 is 31.9 Å². The molecule has 1 aliphatic carbocycles. The first-order valence-corrected chi connectivity index (χ1v) is 14.6. The minimum Gasteiger partial charge on any atom is -0.444 e. The molecular weight excluding hydrogens is 547 g/mol. The highest BCUT2D eigenvalue weighted by atomic mass is 35.5. The monoisotopic (exact) mass is 578 g/mol. The van der Waals surface area contributed by atoms with Crippen molar-refractivity contribution in [2.24, 2.45) is 5.41 Å². The molecule has 1 heterocycles. The predicted octanol–water partition coefficient (Wildman–Crippen LogP) is 4.58. The molecule has 2 unspecified atom stereocenters. The number of rotatable bonds is 5. The van der Waals surface area contributed by atoms with Crippen molar-refractivity contribution in [1.29, 1.82) is 0 Å². The second kappa shape index (κ2) is 10.2. The normalized spacial score (nSPS) is 23.3. The molecule has 39 heavy (non-hydrogen) atoms. The fraction of sp³-hybridized carbons (Fsp3) is 0.464. The predicted molar refractivity (Wildman–Crippen MR) is 144 cm³/mol. The van der Waals surface area contributed by atoms with Crippen molar-refractivity contribution >= 4 is 39.2 Å². The summed E-state index contributed by atoms with van der Waals surface area (Å²) in [6, 6.07) is 7.01. The second-order valence-electron chi connectivity index (χ2n) is 11.9. The van der Waals surface area contributed by atoms with E-state index in [-0.39, 0.29) is 33.9 Å². The van der Waals surface area contributed by atoms with E-state index >= 15 is 4.39 Å². The van der Waals surface area contributed by atoms with Gasteiger partial charge in [0.25, 0.3) is 5.91 Å². The van der Waals surface area contributed by atoms with Crippen LogP contribution in [-0.4, -0.2) is 49.6 Å². The Bertz CT molecular complexity index is 1430. The quantitative estimate of drug-likeness (QED) is 0.536. The number of fused-ring (bicyclic) bond motifs is 1. The van der Waals surface area contributed by atoms with Gasteiger partial charge in [0.2, 0.25) is 0 Å². The van der Waals surface area contributed by atoms with Crippen molar-refractivity contribution in [1.82, 2.24) is 10.6 Å². The third kappa shape index (κ3) is 6.61. The zero-order valence-electron chi connectivity index (χ0n) is 22.4. The van der Waals surface area contributed by atoms with Crippen molar-refractivity contribution in [3.63, 3.8) is 0 Å². The fourth-order valence-electron chi connectivity index (χ4n) is 4.65. The first-order valence-electron chi connectivity index (χ1n) is 12.6. The third-order valence-electron chi connectivity index (χ3n) is 6.99. The molecule has 0 radical (unpaired) electrons. The number of ketones is 1. The van der Waals surface area contributed by atoms with Gasteiger partial charge in [0.15, 0.2) is 15.6 Å². The number of hydrogen-bond donors (Lipinski definition) is 2. The average molecular weight is 579 g/mol. The number of amides is 2. The molecule has 1 saturated carbocycles. The van der Waals surface area contributed by atoms with Gasteiger partial charge in [-0.2, -0.15) is 0 Å². The maximum atomic E-state index is 15.2. The number of carbonyl (C=O) groups excluding carboxylic acids is 3. The molecule has 0 bridgehead atoms. The third-order valence-corrected chi connectivity index (χ3v) is 9.04. The molecule has 1 fully saturated rings. The summed E-state index contributed by atoms with van der Waals surface area (Å²) in [6.45, 7) is 8.84. The highest BCUT2D eigenvalue weighted by Crippen LogP contribution is 2.45. The molecular formula is C28H32ClFN2O6S. The van der Waals surface area contributed by atoms with Crippen LogP contribution in [-0.2, 0) is 25.8 Å². The molecule has 2 amide bonds. The average Bonchev–Trinajstić information content (AvgIpc) is 3.42. The van der Waals surface area contributed by atoms with Crippen molar-refractivity contribution in [2.45, 2.75) is 76.0 Å². The van der Waals surface area contributed by atoms with Gasteiger partial charge in [0, 0.05) is 11.1 Å². The van der Waals surface area contributed by atoms with Crippen LogP contribution in [0, 0.1) is 11.2 Å². The Morgan fingerprint density at radius 1 is 1.13 bits per heavy atom. The summed E-state index contributed by atoms with van der Waals surface area (Å²) in [5, 5.41) is 5.65. The molecule has 4 rings (SSSR count). The number of alkyl carbamates (subject to hydrolysis) is 1. The van der Waals surface area contributed by atoms with E-state index in [1.165, 1.54) is 0 Å². The first-order chi connectivity index (χ1) is 18.0. The SMILES string of the molecule is CC(C)(C)OC(=O)N[C@H]1CS(=O)(=O)c2cc(F)c(C(=O)NC3CC3(C)C)cc2C(Cc2ccc(Cl)cc2)C1=O. The fourth-order valence-corrected chi connectivity index (χ4v) is 6.49. The lowest BCUT2D eigenvalue weighted by atomic mass is 9.85. The molecule has 1 aliphatic heterocycles. The molecule has 210 valence electrons. The molecule has 3 atom stereocenters. The molecule has 2 aromatic rings. The van der Waals surface area contributed by atoms with E-state index in [9.17, 15) is 22.8 Å². The maximum Gasteiger partial charge on any atom is 0.408 e. The van der Waals surface area contributed by atoms with E-state index in [4.69, 9.17) is 16.3 Å². The van der Waals surface area contributed by atoms with E-state index in [1.807, 2.05) is 13.8 Å². The van der Waals surface area contributed by atoms with Gasteiger partial charge in [-0.25, -0.2) is 17.6 Å². The van der Waals surface area contributed by atoms with Gasteiger partial charge >= 0.3 is 6.09 Å². The molecule has 0 spiro atoms. The van der Waals surface area contributed by atoms with E-state index in [1.54, 1.807) is 45.0 Å². The topological polar surface area (TPSA) is 119 Å². The summed E-state index contributed by atoms with van der Waals surface area (Å²) in [5.74, 6) is -4.18. The van der Waals surface area contributed by atoms with Gasteiger partial charge in [-0.1, -0.05) is 37.6 Å². The van der Waals surface area contributed by atoms with Gasteiger partial charge in [0.1, 0.15) is 17.5 Å². The minimum atomic E-state index is -4.26. The molecule has 11 heteroatoms. The number of Topliss-reactive ketones (excluding diaryl/α,β-unsaturated/α-hetero) is 1. The van der Waals surface area contributed by atoms with Gasteiger partial charge in [-0.3, -0.25) is 9.59 Å². The standard InChI is InChI=1S/C28H32ClFN2O6S/c1-27(2,3)38-26(35)31-21-14-39(36,37)22-12-20(30)19(25(34)32-23-13-28(23,4)5)11-17(22)18(24(21)33)10-15-6-8-16(29)9-7-15/h6-9,11-12,18,21,23H,10,13-14H2,1-5H3,(H,31,35)(H,32,34)/t18?,21-,23?/m0/s1. The molecule has 2 aliphatic rings. The summed E-state index contributed by atoms with van der Waals surface area (Å²) < 4.78 is 47.4. The Morgan fingerprint density at radius 3 is 2.31 bits per heavy atom. The van der Waals surface area contributed by atoms with E-state index < -0.39 is 56.8 Å². The summed E-state index contributed by atoms with van der Waals surface area (Å²) in [5.41, 5.74) is -0.683. The number of nitrogens with one attached hydrogen (secondary N) is 2. The van der Waals surface area contributed by atoms with E-state index in [0.717, 1.165) is 18.6 Å². The molecule has 8 nitrogen and oxygen atoms in total. The number of halogens is 2. The summed E-state index contributed by atoms with van der Waals surface area (Å²) >= 11 is 6.01. The Labute approximate surface area is 232 Å². The van der Waals surface area contributed by atoms with E-state index in [2.05, 4.69) is 10.6 Å². The van der Waals surface area contributed by atoms with Crippen LogP contribution in [0.2, 0.25) is 5.02 Å². The smallest absolute Gasteiger partial charge is 0.408 e. The lowest BCUT2D eigenvalue weighted by Crippen LogP contribution is -2.47. The second-order valence-corrected chi connectivity index (χ2v) is 14.3.